The first-order valence-electron chi connectivity index (χ1n) is 9.54. The van der Waals surface area contributed by atoms with Crippen LogP contribution in [0.1, 0.15) is 53.3 Å². The number of aryl methyl sites for hydroxylation is 6. The van der Waals surface area contributed by atoms with Crippen molar-refractivity contribution in [3.05, 3.63) is 52.2 Å². The zero-order valence-corrected chi connectivity index (χ0v) is 16.9. The Morgan fingerprint density at radius 3 is 2.26 bits per heavy atom. The maximum absolute atomic E-state index is 6.06. The van der Waals surface area contributed by atoms with E-state index in [1.807, 2.05) is 26.8 Å². The molecule has 2 aromatic heterocycles. The van der Waals surface area contributed by atoms with Gasteiger partial charge in [0, 0.05) is 18.1 Å². The number of nitrogens with zero attached hydrogens (tertiary/aromatic N) is 2. The van der Waals surface area contributed by atoms with Crippen LogP contribution >= 0.6 is 0 Å². The SMILES string of the molecule is Cc1cc(CCCCCOc2c(C)cc(-c3nc(C)c(C)o3)cc2C)on1. The number of rotatable bonds is 8. The number of hydrogen-bond donors (Lipinski definition) is 0. The summed E-state index contributed by atoms with van der Waals surface area (Å²) in [6, 6.07) is 6.17. The topological polar surface area (TPSA) is 61.3 Å². The van der Waals surface area contributed by atoms with Crippen molar-refractivity contribution in [2.45, 2.75) is 60.3 Å². The number of benzene rings is 1. The fourth-order valence-corrected chi connectivity index (χ4v) is 3.18. The predicted octanol–water partition coefficient (Wildman–Crippen LogP) is 5.66. The number of unbranched alkanes of at least 4 members (excludes halogenated alkanes) is 2. The summed E-state index contributed by atoms with van der Waals surface area (Å²) in [5.41, 5.74) is 5.08. The van der Waals surface area contributed by atoms with Gasteiger partial charge in [0.2, 0.25) is 5.89 Å². The van der Waals surface area contributed by atoms with E-state index < -0.39 is 0 Å². The second-order valence-electron chi connectivity index (χ2n) is 7.19. The third-order valence-corrected chi connectivity index (χ3v) is 4.73. The second-order valence-corrected chi connectivity index (χ2v) is 7.19. The lowest BCUT2D eigenvalue weighted by molar-refractivity contribution is 0.299. The van der Waals surface area contributed by atoms with Gasteiger partial charge >= 0.3 is 0 Å². The average Bonchev–Trinajstić information content (AvgIpc) is 3.18. The summed E-state index contributed by atoms with van der Waals surface area (Å²) in [4.78, 5) is 4.50. The lowest BCUT2D eigenvalue weighted by atomic mass is 10.1. The number of oxazole rings is 1. The van der Waals surface area contributed by atoms with Gasteiger partial charge < -0.3 is 13.7 Å². The molecule has 0 saturated heterocycles. The molecule has 1 aromatic carbocycles. The van der Waals surface area contributed by atoms with Crippen LogP contribution in [0, 0.1) is 34.6 Å². The molecule has 27 heavy (non-hydrogen) atoms. The van der Waals surface area contributed by atoms with Gasteiger partial charge in [-0.05, 0) is 77.1 Å². The zero-order chi connectivity index (χ0) is 19.4. The van der Waals surface area contributed by atoms with Crippen LogP contribution in [-0.2, 0) is 6.42 Å². The molecule has 0 atom stereocenters. The van der Waals surface area contributed by atoms with Gasteiger partial charge in [0.05, 0.1) is 18.0 Å². The van der Waals surface area contributed by atoms with Crippen molar-refractivity contribution in [1.29, 1.82) is 0 Å². The molecule has 0 aliphatic carbocycles. The molecule has 0 unspecified atom stereocenters. The van der Waals surface area contributed by atoms with Crippen molar-refractivity contribution < 1.29 is 13.7 Å². The normalized spacial score (nSPS) is 11.1. The molecule has 2 heterocycles. The zero-order valence-electron chi connectivity index (χ0n) is 16.9. The minimum atomic E-state index is 0.672. The van der Waals surface area contributed by atoms with Crippen molar-refractivity contribution >= 4 is 0 Å². The molecule has 5 heteroatoms. The van der Waals surface area contributed by atoms with Gasteiger partial charge in [0.1, 0.15) is 17.3 Å². The Morgan fingerprint density at radius 2 is 1.67 bits per heavy atom. The maximum atomic E-state index is 6.06. The molecule has 0 bridgehead atoms. The van der Waals surface area contributed by atoms with E-state index in [9.17, 15) is 0 Å². The van der Waals surface area contributed by atoms with E-state index in [4.69, 9.17) is 13.7 Å². The van der Waals surface area contributed by atoms with Crippen LogP contribution in [0.25, 0.3) is 11.5 Å². The highest BCUT2D eigenvalue weighted by Crippen LogP contribution is 2.30. The van der Waals surface area contributed by atoms with E-state index in [-0.39, 0.29) is 0 Å². The fourth-order valence-electron chi connectivity index (χ4n) is 3.18. The van der Waals surface area contributed by atoms with Crippen molar-refractivity contribution in [2.24, 2.45) is 0 Å². The molecule has 0 radical (unpaired) electrons. The van der Waals surface area contributed by atoms with Crippen LogP contribution in [0.5, 0.6) is 5.75 Å². The third kappa shape index (κ3) is 4.79. The minimum absolute atomic E-state index is 0.672. The van der Waals surface area contributed by atoms with E-state index in [0.29, 0.717) is 12.5 Å². The average molecular weight is 368 g/mol. The highest BCUT2D eigenvalue weighted by molar-refractivity contribution is 5.60. The predicted molar refractivity (Wildman–Crippen MR) is 105 cm³/mol. The maximum Gasteiger partial charge on any atom is 0.226 e. The molecule has 0 saturated carbocycles. The van der Waals surface area contributed by atoms with Gasteiger partial charge in [-0.1, -0.05) is 5.16 Å². The Balaban J connectivity index is 1.51. The molecular weight excluding hydrogens is 340 g/mol. The van der Waals surface area contributed by atoms with Gasteiger partial charge in [0.15, 0.2) is 0 Å². The lowest BCUT2D eigenvalue weighted by Crippen LogP contribution is -2.01. The molecular formula is C22H28N2O3. The van der Waals surface area contributed by atoms with Crippen molar-refractivity contribution in [3.63, 3.8) is 0 Å². The quantitative estimate of drug-likeness (QED) is 0.480. The van der Waals surface area contributed by atoms with Gasteiger partial charge in [-0.2, -0.15) is 0 Å². The van der Waals surface area contributed by atoms with Gasteiger partial charge in [-0.3, -0.25) is 0 Å². The highest BCUT2D eigenvalue weighted by atomic mass is 16.5. The molecule has 0 aliphatic rings. The summed E-state index contributed by atoms with van der Waals surface area (Å²) in [7, 11) is 0. The number of aromatic nitrogens is 2. The Labute approximate surface area is 160 Å². The Kier molecular flexibility index (Phi) is 5.99. The minimum Gasteiger partial charge on any atom is -0.493 e. The van der Waals surface area contributed by atoms with E-state index >= 15 is 0 Å². The fraction of sp³-hybridized carbons (Fsp3) is 0.455. The molecule has 5 nitrogen and oxygen atoms in total. The first-order chi connectivity index (χ1) is 12.9. The largest absolute Gasteiger partial charge is 0.493 e. The highest BCUT2D eigenvalue weighted by Gasteiger charge is 2.13. The first kappa shape index (κ1) is 19.2. The van der Waals surface area contributed by atoms with Crippen LogP contribution in [0.4, 0.5) is 0 Å². The summed E-state index contributed by atoms with van der Waals surface area (Å²) < 4.78 is 17.0. The smallest absolute Gasteiger partial charge is 0.226 e. The van der Waals surface area contributed by atoms with E-state index in [0.717, 1.165) is 71.0 Å². The molecule has 0 aliphatic heterocycles. The van der Waals surface area contributed by atoms with E-state index in [1.165, 1.54) is 0 Å². The van der Waals surface area contributed by atoms with Crippen LogP contribution in [0.2, 0.25) is 0 Å². The summed E-state index contributed by atoms with van der Waals surface area (Å²) in [6.07, 6.45) is 4.14. The van der Waals surface area contributed by atoms with Crippen LogP contribution in [0.15, 0.2) is 27.1 Å². The summed E-state index contributed by atoms with van der Waals surface area (Å²) >= 11 is 0. The summed E-state index contributed by atoms with van der Waals surface area (Å²) in [5, 5.41) is 3.91. The van der Waals surface area contributed by atoms with Crippen LogP contribution in [-0.4, -0.2) is 16.7 Å². The molecule has 0 amide bonds. The Morgan fingerprint density at radius 1 is 0.926 bits per heavy atom. The van der Waals surface area contributed by atoms with Crippen LogP contribution < -0.4 is 4.74 Å². The summed E-state index contributed by atoms with van der Waals surface area (Å²) in [6.45, 7) is 10.7. The van der Waals surface area contributed by atoms with Gasteiger partial charge in [-0.15, -0.1) is 0 Å². The molecule has 3 rings (SSSR count). The van der Waals surface area contributed by atoms with Crippen molar-refractivity contribution in [2.75, 3.05) is 6.61 Å². The molecule has 144 valence electrons. The second kappa shape index (κ2) is 8.42. The van der Waals surface area contributed by atoms with Crippen LogP contribution in [0.3, 0.4) is 0 Å². The molecule has 0 N–H and O–H groups in total. The van der Waals surface area contributed by atoms with Gasteiger partial charge in [0.25, 0.3) is 0 Å². The first-order valence-corrected chi connectivity index (χ1v) is 9.54. The van der Waals surface area contributed by atoms with Crippen molar-refractivity contribution in [3.8, 4) is 17.2 Å². The lowest BCUT2D eigenvalue weighted by Gasteiger charge is -2.13. The Hall–Kier alpha value is -2.56. The molecule has 3 aromatic rings. The monoisotopic (exact) mass is 368 g/mol. The molecule has 0 fully saturated rings. The third-order valence-electron chi connectivity index (χ3n) is 4.73. The number of hydrogen-bond acceptors (Lipinski definition) is 5. The van der Waals surface area contributed by atoms with E-state index in [1.54, 1.807) is 0 Å². The van der Waals surface area contributed by atoms with Gasteiger partial charge in [-0.25, -0.2) is 4.98 Å². The van der Waals surface area contributed by atoms with E-state index in [2.05, 4.69) is 36.1 Å². The summed E-state index contributed by atoms with van der Waals surface area (Å²) in [5.74, 6) is 3.46. The number of ether oxygens (including phenoxy) is 1. The van der Waals surface area contributed by atoms with Crippen molar-refractivity contribution in [1.82, 2.24) is 10.1 Å². The Bertz CT molecular complexity index is 866. The standard InChI is InChI=1S/C22H28N2O3/c1-14-11-19(22-23-17(4)18(5)26-22)12-15(2)21(14)25-10-8-6-7-9-20-13-16(3)24-27-20/h11-13H,6-10H2,1-5H3. The molecule has 0 spiro atoms.